The van der Waals surface area contributed by atoms with E-state index >= 15 is 0 Å². The summed E-state index contributed by atoms with van der Waals surface area (Å²) in [6, 6.07) is 3.68. The lowest BCUT2D eigenvalue weighted by molar-refractivity contribution is -0.671. The average molecular weight is 136 g/mol. The second-order valence-electron chi connectivity index (χ2n) is 2.04. The number of nitrogens with zero attached hydrogens (tertiary/aromatic N) is 2. The van der Waals surface area contributed by atoms with E-state index in [-0.39, 0.29) is 0 Å². The van der Waals surface area contributed by atoms with Gasteiger partial charge in [0.2, 0.25) is 0 Å². The Labute approximate surface area is 59.2 Å². The van der Waals surface area contributed by atoms with Crippen LogP contribution >= 0.6 is 0 Å². The Balaban J connectivity index is 2.95. The highest BCUT2D eigenvalue weighted by Crippen LogP contribution is 1.87. The van der Waals surface area contributed by atoms with Crippen molar-refractivity contribution < 1.29 is 4.57 Å². The summed E-state index contributed by atoms with van der Waals surface area (Å²) in [5.41, 5.74) is 0.819. The predicted octanol–water partition coefficient (Wildman–Crippen LogP) is 0.428. The fourth-order valence-electron chi connectivity index (χ4n) is 0.748. The van der Waals surface area contributed by atoms with Crippen LogP contribution < -0.4 is 4.57 Å². The first-order chi connectivity index (χ1) is 4.83. The third kappa shape index (κ3) is 1.55. The van der Waals surface area contributed by atoms with Crippen molar-refractivity contribution in [3.05, 3.63) is 35.3 Å². The van der Waals surface area contributed by atoms with Gasteiger partial charge < -0.3 is 10.4 Å². The Morgan fingerprint density at radius 2 is 2.50 bits per heavy atom. The highest BCUT2D eigenvalue weighted by molar-refractivity contribution is 5.78. The van der Waals surface area contributed by atoms with Crippen LogP contribution in [0, 0.1) is 5.21 Å². The van der Waals surface area contributed by atoms with E-state index in [0.717, 1.165) is 5.56 Å². The zero-order chi connectivity index (χ0) is 7.40. The minimum atomic E-state index is 0.819. The first-order valence-corrected chi connectivity index (χ1v) is 2.94. The van der Waals surface area contributed by atoms with E-state index < -0.39 is 0 Å². The third-order valence-corrected chi connectivity index (χ3v) is 1.16. The molecular weight excluding hydrogens is 128 g/mol. The van der Waals surface area contributed by atoms with Gasteiger partial charge >= 0.3 is 0 Å². The zero-order valence-electron chi connectivity index (χ0n) is 5.69. The summed E-state index contributed by atoms with van der Waals surface area (Å²) in [7, 11) is 1.89. The summed E-state index contributed by atoms with van der Waals surface area (Å²) in [6.07, 6.45) is 4.99. The van der Waals surface area contributed by atoms with Crippen LogP contribution in [0.4, 0.5) is 0 Å². The molecule has 0 spiro atoms. The van der Waals surface area contributed by atoms with Crippen LogP contribution in [-0.2, 0) is 7.05 Å². The molecule has 0 atom stereocenters. The normalized spacial score (nSPS) is 10.5. The maximum Gasteiger partial charge on any atom is 0.177 e. The number of pyridine rings is 1. The predicted molar refractivity (Wildman–Crippen MR) is 38.6 cm³/mol. The monoisotopic (exact) mass is 136 g/mol. The van der Waals surface area contributed by atoms with Gasteiger partial charge in [-0.3, -0.25) is 0 Å². The molecule has 0 fully saturated rings. The Morgan fingerprint density at radius 1 is 1.70 bits per heavy atom. The summed E-state index contributed by atoms with van der Waals surface area (Å²) in [5.74, 6) is 0. The van der Waals surface area contributed by atoms with E-state index in [2.05, 4.69) is 5.16 Å². The largest absolute Gasteiger partial charge is 0.792 e. The first-order valence-electron chi connectivity index (χ1n) is 2.94. The van der Waals surface area contributed by atoms with Crippen LogP contribution in [0.3, 0.4) is 0 Å². The van der Waals surface area contributed by atoms with E-state index in [4.69, 9.17) is 0 Å². The van der Waals surface area contributed by atoms with E-state index in [9.17, 15) is 5.21 Å². The fraction of sp³-hybridized carbons (Fsp3) is 0.143. The standard InChI is InChI=1S/C7H8N2O/c1-9-4-2-3-7(6-9)5-8-10/h2-6H,1H3/b8-5+. The Bertz CT molecular complexity index is 245. The maximum atomic E-state index is 9.77. The molecular formula is C7H8N2O. The summed E-state index contributed by atoms with van der Waals surface area (Å²) in [4.78, 5) is 0. The summed E-state index contributed by atoms with van der Waals surface area (Å²) >= 11 is 0. The van der Waals surface area contributed by atoms with Gasteiger partial charge in [-0.25, -0.2) is 4.57 Å². The SMILES string of the molecule is C[n+]1cccc(/C=N/[O-])c1. The van der Waals surface area contributed by atoms with Gasteiger partial charge in [0.1, 0.15) is 7.05 Å². The highest BCUT2D eigenvalue weighted by atomic mass is 16.4. The van der Waals surface area contributed by atoms with Gasteiger partial charge in [-0.15, -0.1) is 0 Å². The van der Waals surface area contributed by atoms with Gasteiger partial charge in [0.15, 0.2) is 12.4 Å². The Kier molecular flexibility index (Phi) is 1.99. The van der Waals surface area contributed by atoms with Gasteiger partial charge in [0, 0.05) is 12.3 Å². The minimum absolute atomic E-state index is 0.819. The molecule has 0 unspecified atom stereocenters. The van der Waals surface area contributed by atoms with Crippen LogP contribution in [0.1, 0.15) is 5.56 Å². The van der Waals surface area contributed by atoms with Crippen LogP contribution in [-0.4, -0.2) is 6.21 Å². The molecule has 0 N–H and O–H groups in total. The van der Waals surface area contributed by atoms with E-state index in [1.807, 2.05) is 36.1 Å². The number of aryl methyl sites for hydroxylation is 1. The molecule has 0 aromatic carbocycles. The molecule has 0 saturated carbocycles. The average Bonchev–Trinajstić information content (AvgIpc) is 1.88. The smallest absolute Gasteiger partial charge is 0.177 e. The Morgan fingerprint density at radius 3 is 3.10 bits per heavy atom. The molecule has 0 saturated heterocycles. The quantitative estimate of drug-likeness (QED) is 0.313. The topological polar surface area (TPSA) is 39.3 Å². The molecule has 0 amide bonds. The summed E-state index contributed by atoms with van der Waals surface area (Å²) in [6.45, 7) is 0. The summed E-state index contributed by atoms with van der Waals surface area (Å²) in [5, 5.41) is 12.4. The van der Waals surface area contributed by atoms with E-state index in [1.54, 1.807) is 0 Å². The van der Waals surface area contributed by atoms with Crippen molar-refractivity contribution in [2.24, 2.45) is 12.2 Å². The molecule has 0 aliphatic carbocycles. The third-order valence-electron chi connectivity index (χ3n) is 1.16. The van der Waals surface area contributed by atoms with Crippen molar-refractivity contribution in [2.45, 2.75) is 0 Å². The molecule has 0 aliphatic rings. The van der Waals surface area contributed by atoms with Gasteiger partial charge in [-0.05, 0) is 6.07 Å². The fourth-order valence-corrected chi connectivity index (χ4v) is 0.748. The van der Waals surface area contributed by atoms with Gasteiger partial charge in [-0.2, -0.15) is 0 Å². The van der Waals surface area contributed by atoms with Crippen molar-refractivity contribution in [2.75, 3.05) is 0 Å². The van der Waals surface area contributed by atoms with E-state index in [1.165, 1.54) is 6.21 Å². The van der Waals surface area contributed by atoms with Gasteiger partial charge in [-0.1, -0.05) is 0 Å². The second-order valence-corrected chi connectivity index (χ2v) is 2.04. The number of aromatic nitrogens is 1. The number of hydrogen-bond acceptors (Lipinski definition) is 2. The molecule has 1 aromatic heterocycles. The van der Waals surface area contributed by atoms with Crippen molar-refractivity contribution in [1.29, 1.82) is 0 Å². The summed E-state index contributed by atoms with van der Waals surface area (Å²) < 4.78 is 1.86. The molecule has 3 heteroatoms. The van der Waals surface area contributed by atoms with E-state index in [0.29, 0.717) is 0 Å². The molecule has 1 heterocycles. The molecule has 0 radical (unpaired) electrons. The van der Waals surface area contributed by atoms with Crippen molar-refractivity contribution in [3.8, 4) is 0 Å². The number of hydrogen-bond donors (Lipinski definition) is 0. The van der Waals surface area contributed by atoms with Crippen LogP contribution in [0.2, 0.25) is 0 Å². The lowest BCUT2D eigenvalue weighted by Gasteiger charge is -1.91. The molecule has 1 rings (SSSR count). The first kappa shape index (κ1) is 6.74. The van der Waals surface area contributed by atoms with Crippen LogP contribution in [0.25, 0.3) is 0 Å². The van der Waals surface area contributed by atoms with Gasteiger partial charge in [0.25, 0.3) is 0 Å². The maximum absolute atomic E-state index is 9.77. The van der Waals surface area contributed by atoms with Crippen molar-refractivity contribution in [1.82, 2.24) is 0 Å². The molecule has 0 aliphatic heterocycles. The lowest BCUT2D eigenvalue weighted by Crippen LogP contribution is -2.26. The van der Waals surface area contributed by atoms with Gasteiger partial charge in [0.05, 0.1) is 5.56 Å². The molecule has 10 heavy (non-hydrogen) atoms. The Hall–Kier alpha value is -1.38. The minimum Gasteiger partial charge on any atom is -0.792 e. The molecule has 3 nitrogen and oxygen atoms in total. The molecule has 0 bridgehead atoms. The van der Waals surface area contributed by atoms with Crippen LogP contribution in [0.5, 0.6) is 0 Å². The second kappa shape index (κ2) is 2.96. The van der Waals surface area contributed by atoms with Crippen LogP contribution in [0.15, 0.2) is 29.7 Å². The van der Waals surface area contributed by atoms with Crippen molar-refractivity contribution in [3.63, 3.8) is 0 Å². The zero-order valence-corrected chi connectivity index (χ0v) is 5.69. The molecule has 52 valence electrons. The highest BCUT2D eigenvalue weighted by Gasteiger charge is 1.91. The van der Waals surface area contributed by atoms with Crippen molar-refractivity contribution >= 4 is 6.21 Å². The lowest BCUT2D eigenvalue weighted by atomic mass is 10.3. The molecule has 1 aromatic rings. The number of rotatable bonds is 1.